The number of ether oxygens (including phenoxy) is 1. The van der Waals surface area contributed by atoms with Crippen LogP contribution in [0.3, 0.4) is 0 Å². The van der Waals surface area contributed by atoms with Gasteiger partial charge in [-0.2, -0.15) is 0 Å². The number of rotatable bonds is 6. The van der Waals surface area contributed by atoms with Gasteiger partial charge in [0.25, 0.3) is 17.5 Å². The molecule has 3 aromatic rings. The molecule has 0 unspecified atom stereocenters. The molecule has 168 valence electrons. The van der Waals surface area contributed by atoms with Crippen LogP contribution in [0.15, 0.2) is 60.7 Å². The summed E-state index contributed by atoms with van der Waals surface area (Å²) in [5.74, 6) is -1.95. The third kappa shape index (κ3) is 5.65. The predicted octanol–water partition coefficient (Wildman–Crippen LogP) is 5.19. The normalized spacial score (nSPS) is 10.3. The highest BCUT2D eigenvalue weighted by Gasteiger charge is 2.19. The van der Waals surface area contributed by atoms with Crippen molar-refractivity contribution in [2.75, 3.05) is 17.7 Å². The molecule has 0 radical (unpaired) electrons. The molecule has 0 atom stereocenters. The van der Waals surface area contributed by atoms with Crippen molar-refractivity contribution in [3.05, 3.63) is 97.5 Å². The lowest BCUT2D eigenvalue weighted by atomic mass is 10.1. The molecule has 0 fully saturated rings. The first-order chi connectivity index (χ1) is 15.7. The second kappa shape index (κ2) is 10.1. The van der Waals surface area contributed by atoms with Crippen molar-refractivity contribution < 1.29 is 24.0 Å². The van der Waals surface area contributed by atoms with Crippen LogP contribution in [-0.4, -0.2) is 29.8 Å². The zero-order valence-corrected chi connectivity index (χ0v) is 18.4. The number of esters is 1. The average molecular weight is 488 g/mol. The Morgan fingerprint density at radius 3 is 2.09 bits per heavy atom. The standard InChI is InChI=1S/C22H15Cl2N3O6/c1-33-22(30)16-8-4-13(21(29)26-19-11-14(23)5-9-17(19)24)10-18(16)25-20(28)12-2-6-15(7-3-12)27(31)32/h2-11H,1H3,(H,25,28)(H,26,29). The molecule has 2 amide bonds. The number of nitrogens with zero attached hydrogens (tertiary/aromatic N) is 1. The topological polar surface area (TPSA) is 128 Å². The molecule has 0 aromatic heterocycles. The lowest BCUT2D eigenvalue weighted by molar-refractivity contribution is -0.384. The Balaban J connectivity index is 1.90. The second-order valence-electron chi connectivity index (χ2n) is 6.59. The number of carbonyl (C=O) groups is 3. The Hall–Kier alpha value is -3.95. The van der Waals surface area contributed by atoms with Gasteiger partial charge in [0.05, 0.1) is 34.0 Å². The third-order valence-electron chi connectivity index (χ3n) is 4.45. The molecule has 33 heavy (non-hydrogen) atoms. The van der Waals surface area contributed by atoms with Crippen molar-refractivity contribution in [2.45, 2.75) is 0 Å². The summed E-state index contributed by atoms with van der Waals surface area (Å²) in [6, 6.07) is 13.4. The number of non-ortho nitro benzene ring substituents is 1. The molecule has 11 heteroatoms. The first-order valence-corrected chi connectivity index (χ1v) is 9.99. The monoisotopic (exact) mass is 487 g/mol. The highest BCUT2D eigenvalue weighted by molar-refractivity contribution is 6.36. The van der Waals surface area contributed by atoms with Crippen molar-refractivity contribution in [3.63, 3.8) is 0 Å². The Morgan fingerprint density at radius 1 is 0.848 bits per heavy atom. The maximum absolute atomic E-state index is 12.7. The highest BCUT2D eigenvalue weighted by atomic mass is 35.5. The van der Waals surface area contributed by atoms with Gasteiger partial charge in [-0.25, -0.2) is 4.79 Å². The van der Waals surface area contributed by atoms with Gasteiger partial charge in [0.15, 0.2) is 0 Å². The molecule has 3 aromatic carbocycles. The minimum atomic E-state index is -0.737. The van der Waals surface area contributed by atoms with Gasteiger partial charge in [0.2, 0.25) is 0 Å². The van der Waals surface area contributed by atoms with Gasteiger partial charge in [-0.1, -0.05) is 23.2 Å². The van der Waals surface area contributed by atoms with E-state index in [1.54, 1.807) is 6.07 Å². The molecular formula is C22H15Cl2N3O6. The van der Waals surface area contributed by atoms with Crippen LogP contribution in [0.25, 0.3) is 0 Å². The second-order valence-corrected chi connectivity index (χ2v) is 7.43. The quantitative estimate of drug-likeness (QED) is 0.279. The number of nitro benzene ring substituents is 1. The van der Waals surface area contributed by atoms with E-state index in [0.29, 0.717) is 5.02 Å². The van der Waals surface area contributed by atoms with Crippen molar-refractivity contribution in [3.8, 4) is 0 Å². The fraction of sp³-hybridized carbons (Fsp3) is 0.0455. The summed E-state index contributed by atoms with van der Waals surface area (Å²) in [7, 11) is 1.17. The van der Waals surface area contributed by atoms with Crippen molar-refractivity contribution in [1.29, 1.82) is 0 Å². The number of anilines is 2. The van der Waals surface area contributed by atoms with E-state index in [4.69, 9.17) is 27.9 Å². The molecule has 0 saturated heterocycles. The first kappa shape index (κ1) is 23.7. The molecule has 0 aliphatic rings. The number of hydrogen-bond donors (Lipinski definition) is 2. The van der Waals surface area contributed by atoms with Gasteiger partial charge in [-0.15, -0.1) is 0 Å². The summed E-state index contributed by atoms with van der Waals surface area (Å²) in [4.78, 5) is 47.7. The Bertz CT molecular complexity index is 1260. The molecule has 0 heterocycles. The third-order valence-corrected chi connectivity index (χ3v) is 5.02. The highest BCUT2D eigenvalue weighted by Crippen LogP contribution is 2.27. The summed E-state index contributed by atoms with van der Waals surface area (Å²) >= 11 is 12.0. The van der Waals surface area contributed by atoms with E-state index in [-0.39, 0.29) is 38.8 Å². The van der Waals surface area contributed by atoms with Crippen LogP contribution in [-0.2, 0) is 4.74 Å². The number of nitrogens with one attached hydrogen (secondary N) is 2. The number of amides is 2. The lowest BCUT2D eigenvalue weighted by Gasteiger charge is -2.13. The fourth-order valence-electron chi connectivity index (χ4n) is 2.79. The molecule has 0 aliphatic carbocycles. The van der Waals surface area contributed by atoms with Crippen LogP contribution >= 0.6 is 23.2 Å². The zero-order valence-electron chi connectivity index (χ0n) is 16.9. The van der Waals surface area contributed by atoms with Crippen molar-refractivity contribution >= 4 is 58.0 Å². The number of carbonyl (C=O) groups excluding carboxylic acids is 3. The summed E-state index contributed by atoms with van der Waals surface area (Å²) in [6.45, 7) is 0. The summed E-state index contributed by atoms with van der Waals surface area (Å²) in [6.07, 6.45) is 0. The van der Waals surface area contributed by atoms with Crippen LogP contribution in [0.1, 0.15) is 31.1 Å². The first-order valence-electron chi connectivity index (χ1n) is 9.24. The Morgan fingerprint density at radius 2 is 1.45 bits per heavy atom. The van der Waals surface area contributed by atoms with E-state index < -0.39 is 22.7 Å². The van der Waals surface area contributed by atoms with Crippen LogP contribution in [0.4, 0.5) is 17.1 Å². The van der Waals surface area contributed by atoms with Gasteiger partial charge in [-0.05, 0) is 48.5 Å². The molecule has 3 rings (SSSR count). The molecule has 0 bridgehead atoms. The van der Waals surface area contributed by atoms with Gasteiger partial charge >= 0.3 is 5.97 Å². The summed E-state index contributed by atoms with van der Waals surface area (Å²) in [5.41, 5.74) is 0.331. The largest absolute Gasteiger partial charge is 0.465 e. The maximum Gasteiger partial charge on any atom is 0.339 e. The molecule has 2 N–H and O–H groups in total. The van der Waals surface area contributed by atoms with E-state index in [1.807, 2.05) is 0 Å². The maximum atomic E-state index is 12.7. The number of halogens is 2. The van der Waals surface area contributed by atoms with Crippen LogP contribution in [0.2, 0.25) is 10.0 Å². The number of methoxy groups -OCH3 is 1. The Labute approximate surface area is 197 Å². The van der Waals surface area contributed by atoms with E-state index >= 15 is 0 Å². The molecular weight excluding hydrogens is 473 g/mol. The molecule has 0 saturated carbocycles. The molecule has 9 nitrogen and oxygen atoms in total. The summed E-state index contributed by atoms with van der Waals surface area (Å²) in [5, 5.41) is 16.6. The van der Waals surface area contributed by atoms with Crippen LogP contribution in [0, 0.1) is 10.1 Å². The molecule has 0 aliphatic heterocycles. The fourth-order valence-corrected chi connectivity index (χ4v) is 3.13. The van der Waals surface area contributed by atoms with Crippen molar-refractivity contribution in [2.24, 2.45) is 0 Å². The SMILES string of the molecule is COC(=O)c1ccc(C(=O)Nc2cc(Cl)ccc2Cl)cc1NC(=O)c1ccc([N+](=O)[O-])cc1. The summed E-state index contributed by atoms with van der Waals surface area (Å²) < 4.78 is 4.73. The van der Waals surface area contributed by atoms with Crippen LogP contribution in [0.5, 0.6) is 0 Å². The van der Waals surface area contributed by atoms with E-state index in [2.05, 4.69) is 10.6 Å². The van der Waals surface area contributed by atoms with E-state index in [0.717, 1.165) is 0 Å². The average Bonchev–Trinajstić information content (AvgIpc) is 2.80. The minimum absolute atomic E-state index is 0.00472. The lowest BCUT2D eigenvalue weighted by Crippen LogP contribution is -2.18. The van der Waals surface area contributed by atoms with Gasteiger partial charge in [0.1, 0.15) is 0 Å². The number of hydrogen-bond acceptors (Lipinski definition) is 6. The smallest absolute Gasteiger partial charge is 0.339 e. The molecule has 0 spiro atoms. The number of nitro groups is 1. The van der Waals surface area contributed by atoms with Crippen molar-refractivity contribution in [1.82, 2.24) is 0 Å². The Kier molecular flexibility index (Phi) is 7.27. The minimum Gasteiger partial charge on any atom is -0.465 e. The zero-order chi connectivity index (χ0) is 24.1. The van der Waals surface area contributed by atoms with Crippen LogP contribution < -0.4 is 10.6 Å². The number of benzene rings is 3. The predicted molar refractivity (Wildman–Crippen MR) is 123 cm³/mol. The van der Waals surface area contributed by atoms with Gasteiger partial charge in [0, 0.05) is 28.3 Å². The van der Waals surface area contributed by atoms with Gasteiger partial charge < -0.3 is 15.4 Å². The van der Waals surface area contributed by atoms with E-state index in [9.17, 15) is 24.5 Å². The van der Waals surface area contributed by atoms with Gasteiger partial charge in [-0.3, -0.25) is 19.7 Å². The van der Waals surface area contributed by atoms with E-state index in [1.165, 1.54) is 61.7 Å².